The molecule has 0 spiro atoms. The topological polar surface area (TPSA) is 89.9 Å². The van der Waals surface area contributed by atoms with Gasteiger partial charge in [0, 0.05) is 21.9 Å². The Morgan fingerprint density at radius 1 is 0.492 bits per heavy atom. The fourth-order valence-electron chi connectivity index (χ4n) is 8.15. The van der Waals surface area contributed by atoms with Gasteiger partial charge in [-0.1, -0.05) is 140 Å². The molecule has 0 fully saturated rings. The van der Waals surface area contributed by atoms with Gasteiger partial charge in [-0.05, 0) is 95.4 Å². The largest absolute Gasteiger partial charge is 0.308 e. The number of hydrogen-bond donors (Lipinski definition) is 0. The number of nitrogens with zero attached hydrogens (tertiary/aromatic N) is 4. The quantitative estimate of drug-likeness (QED) is 0.157. The third kappa shape index (κ3) is 6.85. The molecule has 1 aliphatic heterocycles. The molecule has 8 aromatic carbocycles. The standard InChI is InChI=1S/C46H26N4O2.C9H10/c47-27-29-19-21-40-38(23-29)39-24-30(28-48)20-22-41(39)49(40)42-18-10-17-35-43(42)46(52)50(45(35)51)44-36(32-13-6-2-7-14-32)25-34(31-11-4-1-5-12-31)26-37(44)33-15-8-3-9-16-33;1-8(2)9-6-4-3-5-7-9/h1-26H;3-7H,1H2,2H3. The first-order valence-corrected chi connectivity index (χ1v) is 19.8. The highest BCUT2D eigenvalue weighted by molar-refractivity contribution is 6.37. The van der Waals surface area contributed by atoms with Crippen LogP contribution in [0.25, 0.3) is 66.4 Å². The van der Waals surface area contributed by atoms with Crippen LogP contribution in [0.3, 0.4) is 0 Å². The van der Waals surface area contributed by atoms with E-state index in [0.29, 0.717) is 28.1 Å². The molecule has 61 heavy (non-hydrogen) atoms. The summed E-state index contributed by atoms with van der Waals surface area (Å²) in [6.45, 7) is 5.83. The second-order valence-corrected chi connectivity index (χ2v) is 14.8. The zero-order valence-corrected chi connectivity index (χ0v) is 33.2. The van der Waals surface area contributed by atoms with Crippen molar-refractivity contribution in [3.63, 3.8) is 0 Å². The number of amides is 2. The number of carbonyl (C=O) groups is 2. The van der Waals surface area contributed by atoms with Gasteiger partial charge in [0.2, 0.25) is 0 Å². The summed E-state index contributed by atoms with van der Waals surface area (Å²) < 4.78 is 1.95. The number of anilines is 1. The molecule has 10 rings (SSSR count). The van der Waals surface area contributed by atoms with Crippen molar-refractivity contribution in [1.82, 2.24) is 4.57 Å². The number of fused-ring (bicyclic) bond motifs is 4. The Labute approximate surface area is 353 Å². The summed E-state index contributed by atoms with van der Waals surface area (Å²) in [6.07, 6.45) is 0. The van der Waals surface area contributed by atoms with E-state index in [9.17, 15) is 15.3 Å². The molecule has 0 saturated carbocycles. The number of benzene rings is 8. The maximum atomic E-state index is 15.1. The predicted molar refractivity (Wildman–Crippen MR) is 245 cm³/mol. The first-order valence-electron chi connectivity index (χ1n) is 19.8. The van der Waals surface area contributed by atoms with Gasteiger partial charge in [-0.25, -0.2) is 4.90 Å². The summed E-state index contributed by atoms with van der Waals surface area (Å²) in [4.78, 5) is 31.2. The lowest BCUT2D eigenvalue weighted by atomic mass is 9.90. The summed E-state index contributed by atoms with van der Waals surface area (Å²) >= 11 is 0. The van der Waals surface area contributed by atoms with Crippen LogP contribution in [-0.2, 0) is 0 Å². The molecule has 0 atom stereocenters. The molecule has 0 unspecified atom stereocenters. The fraction of sp³-hybridized carbons (Fsp3) is 0.0182. The maximum absolute atomic E-state index is 15.1. The minimum Gasteiger partial charge on any atom is -0.308 e. The number of allylic oxidation sites excluding steroid dienone is 1. The molecule has 0 saturated heterocycles. The summed E-state index contributed by atoms with van der Waals surface area (Å²) in [5.41, 5.74) is 11.6. The van der Waals surface area contributed by atoms with Gasteiger partial charge in [0.15, 0.2) is 0 Å². The number of nitriles is 2. The summed E-state index contributed by atoms with van der Waals surface area (Å²) in [5.74, 6) is -0.849. The molecule has 0 bridgehead atoms. The van der Waals surface area contributed by atoms with Crippen LogP contribution in [0, 0.1) is 22.7 Å². The third-order valence-electron chi connectivity index (χ3n) is 11.0. The predicted octanol–water partition coefficient (Wildman–Crippen LogP) is 13.0. The van der Waals surface area contributed by atoms with Crippen LogP contribution in [0.1, 0.15) is 44.3 Å². The van der Waals surface area contributed by atoms with Gasteiger partial charge in [-0.3, -0.25) is 9.59 Å². The van der Waals surface area contributed by atoms with E-state index in [1.165, 1.54) is 10.5 Å². The molecule has 2 heterocycles. The Kier molecular flexibility index (Phi) is 9.95. The van der Waals surface area contributed by atoms with Gasteiger partial charge in [0.1, 0.15) is 0 Å². The zero-order chi connectivity index (χ0) is 42.0. The van der Waals surface area contributed by atoms with Gasteiger partial charge >= 0.3 is 0 Å². The van der Waals surface area contributed by atoms with Crippen molar-refractivity contribution in [1.29, 1.82) is 10.5 Å². The third-order valence-corrected chi connectivity index (χ3v) is 11.0. The Morgan fingerprint density at radius 2 is 0.967 bits per heavy atom. The summed E-state index contributed by atoms with van der Waals surface area (Å²) in [5, 5.41) is 21.0. The van der Waals surface area contributed by atoms with Crippen molar-refractivity contribution in [2.75, 3.05) is 4.90 Å². The van der Waals surface area contributed by atoms with E-state index in [4.69, 9.17) is 0 Å². The van der Waals surface area contributed by atoms with Crippen molar-refractivity contribution in [2.24, 2.45) is 0 Å². The molecule has 6 heteroatoms. The summed E-state index contributed by atoms with van der Waals surface area (Å²) in [6, 6.07) is 64.6. The fourth-order valence-corrected chi connectivity index (χ4v) is 8.15. The molecule has 9 aromatic rings. The van der Waals surface area contributed by atoms with Crippen molar-refractivity contribution >= 4 is 44.9 Å². The van der Waals surface area contributed by atoms with E-state index in [-0.39, 0.29) is 5.56 Å². The Balaban J connectivity index is 0.000000472. The number of rotatable bonds is 6. The zero-order valence-electron chi connectivity index (χ0n) is 33.2. The van der Waals surface area contributed by atoms with E-state index >= 15 is 4.79 Å². The highest BCUT2D eigenvalue weighted by atomic mass is 16.2. The van der Waals surface area contributed by atoms with Crippen LogP contribution in [0.4, 0.5) is 5.69 Å². The van der Waals surface area contributed by atoms with Crippen LogP contribution in [0.2, 0.25) is 0 Å². The van der Waals surface area contributed by atoms with E-state index in [0.717, 1.165) is 60.8 Å². The number of hydrogen-bond acceptors (Lipinski definition) is 4. The van der Waals surface area contributed by atoms with Gasteiger partial charge in [0.25, 0.3) is 11.8 Å². The van der Waals surface area contributed by atoms with E-state index in [2.05, 4.69) is 55.1 Å². The van der Waals surface area contributed by atoms with Crippen molar-refractivity contribution < 1.29 is 9.59 Å². The first-order chi connectivity index (χ1) is 29.9. The highest BCUT2D eigenvalue weighted by Crippen LogP contribution is 2.47. The Bertz CT molecular complexity index is 3130. The minimum atomic E-state index is -0.435. The van der Waals surface area contributed by atoms with Crippen molar-refractivity contribution in [3.05, 3.63) is 222 Å². The van der Waals surface area contributed by atoms with Crippen LogP contribution in [0.15, 0.2) is 195 Å². The number of aromatic nitrogens is 1. The smallest absolute Gasteiger partial charge is 0.268 e. The first kappa shape index (κ1) is 38.0. The van der Waals surface area contributed by atoms with Gasteiger partial charge < -0.3 is 4.57 Å². The Morgan fingerprint density at radius 3 is 1.43 bits per heavy atom. The second kappa shape index (κ2) is 16.0. The monoisotopic (exact) mass is 784 g/mol. The van der Waals surface area contributed by atoms with Gasteiger partial charge in [-0.2, -0.15) is 10.5 Å². The lowest BCUT2D eigenvalue weighted by Crippen LogP contribution is -2.30. The van der Waals surface area contributed by atoms with Crippen molar-refractivity contribution in [2.45, 2.75) is 6.92 Å². The molecule has 0 N–H and O–H groups in total. The van der Waals surface area contributed by atoms with E-state index in [1.54, 1.807) is 36.4 Å². The summed E-state index contributed by atoms with van der Waals surface area (Å²) in [7, 11) is 0. The average molecular weight is 785 g/mol. The van der Waals surface area contributed by atoms with Crippen LogP contribution in [-0.4, -0.2) is 16.4 Å². The number of imide groups is 1. The molecule has 6 nitrogen and oxygen atoms in total. The average Bonchev–Trinajstić information content (AvgIpc) is 3.78. The molecular weight excluding hydrogens is 749 g/mol. The molecule has 0 radical (unpaired) electrons. The second-order valence-electron chi connectivity index (χ2n) is 14.8. The Hall–Kier alpha value is -8.58. The molecule has 1 aromatic heterocycles. The lowest BCUT2D eigenvalue weighted by Gasteiger charge is -2.24. The van der Waals surface area contributed by atoms with Crippen LogP contribution in [0.5, 0.6) is 0 Å². The minimum absolute atomic E-state index is 0.283. The highest BCUT2D eigenvalue weighted by Gasteiger charge is 2.41. The van der Waals surface area contributed by atoms with E-state index < -0.39 is 11.8 Å². The van der Waals surface area contributed by atoms with Gasteiger partial charge in [0.05, 0.1) is 56.8 Å². The maximum Gasteiger partial charge on any atom is 0.268 e. The van der Waals surface area contributed by atoms with Crippen molar-refractivity contribution in [3.8, 4) is 51.2 Å². The molecule has 1 aliphatic rings. The van der Waals surface area contributed by atoms with Crippen LogP contribution >= 0.6 is 0 Å². The normalized spacial score (nSPS) is 11.8. The number of carbonyl (C=O) groups excluding carboxylic acids is 2. The van der Waals surface area contributed by atoms with Gasteiger partial charge in [-0.15, -0.1) is 0 Å². The molecule has 288 valence electrons. The molecular formula is C55H36N4O2. The lowest BCUT2D eigenvalue weighted by molar-refractivity contribution is 0.0926. The SMILES string of the molecule is C=C(C)c1ccccc1.N#Cc1ccc2c(c1)c1cc(C#N)ccc1n2-c1cccc2c1C(=O)N(c1c(-c3ccccc3)cc(-c3ccccc3)cc1-c1ccccc1)C2=O. The van der Waals surface area contributed by atoms with Crippen LogP contribution < -0.4 is 4.90 Å². The molecule has 0 aliphatic carbocycles. The van der Waals surface area contributed by atoms with E-state index in [1.807, 2.05) is 127 Å². The molecule has 2 amide bonds.